The van der Waals surface area contributed by atoms with E-state index in [9.17, 15) is 5.11 Å². The maximum Gasteiger partial charge on any atom is 0.128 e. The Morgan fingerprint density at radius 2 is 2.00 bits per heavy atom. The standard InChI is InChI=1S/C16H24O2/c1-11-8-9-14(15(18-4)12(11)2)16(3,17)10-13-6-5-7-13/h8-9,13,17H,5-7,10H2,1-4H3. The zero-order chi connectivity index (χ0) is 13.3. The molecule has 0 aliphatic heterocycles. The molecule has 1 aromatic rings. The summed E-state index contributed by atoms with van der Waals surface area (Å²) in [6, 6.07) is 4.09. The van der Waals surface area contributed by atoms with Crippen LogP contribution in [0.2, 0.25) is 0 Å². The summed E-state index contributed by atoms with van der Waals surface area (Å²) in [4.78, 5) is 0. The first-order chi connectivity index (χ1) is 8.45. The van der Waals surface area contributed by atoms with Crippen LogP contribution in [0.4, 0.5) is 0 Å². The Kier molecular flexibility index (Phi) is 3.67. The minimum absolute atomic E-state index is 0.673. The monoisotopic (exact) mass is 248 g/mol. The summed E-state index contributed by atoms with van der Waals surface area (Å²) in [7, 11) is 1.69. The second-order valence-electron chi connectivity index (χ2n) is 5.86. The van der Waals surface area contributed by atoms with Crippen molar-refractivity contribution in [2.45, 2.75) is 52.1 Å². The van der Waals surface area contributed by atoms with Gasteiger partial charge in [-0.25, -0.2) is 0 Å². The third-order valence-electron chi connectivity index (χ3n) is 4.37. The molecule has 100 valence electrons. The molecule has 0 amide bonds. The molecule has 0 radical (unpaired) electrons. The quantitative estimate of drug-likeness (QED) is 0.880. The van der Waals surface area contributed by atoms with Crippen molar-refractivity contribution in [2.75, 3.05) is 7.11 Å². The molecule has 1 unspecified atom stereocenters. The second kappa shape index (κ2) is 4.93. The fraction of sp³-hybridized carbons (Fsp3) is 0.625. The molecule has 1 N–H and O–H groups in total. The first-order valence-corrected chi connectivity index (χ1v) is 6.82. The Morgan fingerprint density at radius 3 is 2.50 bits per heavy atom. The van der Waals surface area contributed by atoms with Gasteiger partial charge in [-0.15, -0.1) is 0 Å². The summed E-state index contributed by atoms with van der Waals surface area (Å²) in [5.74, 6) is 1.52. The van der Waals surface area contributed by atoms with E-state index in [0.717, 1.165) is 23.3 Å². The highest BCUT2D eigenvalue weighted by Crippen LogP contribution is 2.42. The summed E-state index contributed by atoms with van der Waals surface area (Å²) >= 11 is 0. The Balaban J connectivity index is 2.33. The van der Waals surface area contributed by atoms with Crippen molar-refractivity contribution in [1.82, 2.24) is 0 Å². The fourth-order valence-corrected chi connectivity index (χ4v) is 2.85. The van der Waals surface area contributed by atoms with Crippen LogP contribution in [-0.2, 0) is 5.60 Å². The van der Waals surface area contributed by atoms with Gasteiger partial charge in [0, 0.05) is 5.56 Å². The molecule has 1 fully saturated rings. The Labute approximate surface area is 110 Å². The third kappa shape index (κ3) is 2.39. The molecule has 2 nitrogen and oxygen atoms in total. The van der Waals surface area contributed by atoms with Crippen LogP contribution in [0, 0.1) is 19.8 Å². The first kappa shape index (κ1) is 13.4. The topological polar surface area (TPSA) is 29.5 Å². The van der Waals surface area contributed by atoms with Gasteiger partial charge in [-0.1, -0.05) is 31.4 Å². The van der Waals surface area contributed by atoms with Crippen molar-refractivity contribution < 1.29 is 9.84 Å². The van der Waals surface area contributed by atoms with E-state index < -0.39 is 5.60 Å². The zero-order valence-electron chi connectivity index (χ0n) is 11.9. The number of aryl methyl sites for hydroxylation is 1. The van der Waals surface area contributed by atoms with Gasteiger partial charge in [0.05, 0.1) is 12.7 Å². The Hall–Kier alpha value is -1.02. The minimum atomic E-state index is -0.783. The van der Waals surface area contributed by atoms with Crippen LogP contribution < -0.4 is 4.74 Å². The van der Waals surface area contributed by atoms with Gasteiger partial charge in [-0.2, -0.15) is 0 Å². The second-order valence-corrected chi connectivity index (χ2v) is 5.86. The average molecular weight is 248 g/mol. The van der Waals surface area contributed by atoms with Crippen LogP contribution in [-0.4, -0.2) is 12.2 Å². The van der Waals surface area contributed by atoms with Gasteiger partial charge in [0.2, 0.25) is 0 Å². The van der Waals surface area contributed by atoms with Crippen molar-refractivity contribution in [1.29, 1.82) is 0 Å². The lowest BCUT2D eigenvalue weighted by Gasteiger charge is -2.34. The minimum Gasteiger partial charge on any atom is -0.496 e. The van der Waals surface area contributed by atoms with Crippen molar-refractivity contribution in [3.05, 3.63) is 28.8 Å². The molecule has 18 heavy (non-hydrogen) atoms. The van der Waals surface area contributed by atoms with E-state index in [1.165, 1.54) is 24.8 Å². The number of hydrogen-bond acceptors (Lipinski definition) is 2. The van der Waals surface area contributed by atoms with Crippen LogP contribution in [0.1, 0.15) is 49.3 Å². The van der Waals surface area contributed by atoms with Crippen LogP contribution in [0.15, 0.2) is 12.1 Å². The van der Waals surface area contributed by atoms with Gasteiger partial charge in [0.15, 0.2) is 0 Å². The molecule has 1 aromatic carbocycles. The lowest BCUT2D eigenvalue weighted by molar-refractivity contribution is 0.0141. The van der Waals surface area contributed by atoms with Gasteiger partial charge in [-0.3, -0.25) is 0 Å². The highest BCUT2D eigenvalue weighted by Gasteiger charge is 2.33. The highest BCUT2D eigenvalue weighted by atomic mass is 16.5. The summed E-state index contributed by atoms with van der Waals surface area (Å²) in [6.07, 6.45) is 4.66. The number of rotatable bonds is 4. The summed E-state index contributed by atoms with van der Waals surface area (Å²) in [5, 5.41) is 10.8. The predicted molar refractivity (Wildman–Crippen MR) is 74.0 cm³/mol. The van der Waals surface area contributed by atoms with E-state index in [-0.39, 0.29) is 0 Å². The van der Waals surface area contributed by atoms with Gasteiger partial charge < -0.3 is 9.84 Å². The van der Waals surface area contributed by atoms with Crippen molar-refractivity contribution >= 4 is 0 Å². The van der Waals surface area contributed by atoms with Gasteiger partial charge in [-0.05, 0) is 44.2 Å². The largest absolute Gasteiger partial charge is 0.496 e. The molecule has 2 rings (SSSR count). The van der Waals surface area contributed by atoms with Crippen LogP contribution in [0.5, 0.6) is 5.75 Å². The zero-order valence-corrected chi connectivity index (χ0v) is 11.9. The van der Waals surface area contributed by atoms with Crippen molar-refractivity contribution in [2.24, 2.45) is 5.92 Å². The third-order valence-corrected chi connectivity index (χ3v) is 4.37. The Bertz CT molecular complexity index is 431. The lowest BCUT2D eigenvalue weighted by atomic mass is 9.75. The van der Waals surface area contributed by atoms with E-state index >= 15 is 0 Å². The fourth-order valence-electron chi connectivity index (χ4n) is 2.85. The smallest absolute Gasteiger partial charge is 0.128 e. The van der Waals surface area contributed by atoms with E-state index in [1.54, 1.807) is 7.11 Å². The molecule has 0 spiro atoms. The average Bonchev–Trinajstić information content (AvgIpc) is 2.27. The summed E-state index contributed by atoms with van der Waals surface area (Å²) in [5.41, 5.74) is 2.48. The van der Waals surface area contributed by atoms with E-state index in [1.807, 2.05) is 13.0 Å². The molecule has 2 heteroatoms. The van der Waals surface area contributed by atoms with Crippen LogP contribution >= 0.6 is 0 Å². The number of methoxy groups -OCH3 is 1. The van der Waals surface area contributed by atoms with Crippen LogP contribution in [0.3, 0.4) is 0 Å². The molecule has 1 aliphatic rings. The summed E-state index contributed by atoms with van der Waals surface area (Å²) in [6.45, 7) is 6.04. The number of benzene rings is 1. The normalized spacial score (nSPS) is 19.2. The number of ether oxygens (including phenoxy) is 1. The molecule has 0 heterocycles. The van der Waals surface area contributed by atoms with Crippen LogP contribution in [0.25, 0.3) is 0 Å². The first-order valence-electron chi connectivity index (χ1n) is 6.82. The molecule has 1 atom stereocenters. The van der Waals surface area contributed by atoms with Gasteiger partial charge in [0.25, 0.3) is 0 Å². The predicted octanol–water partition coefficient (Wildman–Crippen LogP) is 3.71. The van der Waals surface area contributed by atoms with Crippen molar-refractivity contribution in [3.8, 4) is 5.75 Å². The summed E-state index contributed by atoms with van der Waals surface area (Å²) < 4.78 is 5.52. The molecule has 1 aliphatic carbocycles. The molecular weight excluding hydrogens is 224 g/mol. The number of aliphatic hydroxyl groups is 1. The van der Waals surface area contributed by atoms with Crippen molar-refractivity contribution in [3.63, 3.8) is 0 Å². The SMILES string of the molecule is COc1c(C(C)(O)CC2CCC2)ccc(C)c1C. The van der Waals surface area contributed by atoms with Gasteiger partial charge >= 0.3 is 0 Å². The van der Waals surface area contributed by atoms with E-state index in [4.69, 9.17) is 4.74 Å². The number of hydrogen-bond donors (Lipinski definition) is 1. The molecule has 0 bridgehead atoms. The Morgan fingerprint density at radius 1 is 1.33 bits per heavy atom. The maximum absolute atomic E-state index is 10.8. The molecule has 1 saturated carbocycles. The van der Waals surface area contributed by atoms with Gasteiger partial charge in [0.1, 0.15) is 5.75 Å². The molecule has 0 saturated heterocycles. The van der Waals surface area contributed by atoms with E-state index in [0.29, 0.717) is 5.92 Å². The lowest BCUT2D eigenvalue weighted by Crippen LogP contribution is -2.28. The molecular formula is C16H24O2. The maximum atomic E-state index is 10.8. The molecule has 0 aromatic heterocycles. The highest BCUT2D eigenvalue weighted by molar-refractivity contribution is 5.47. The van der Waals surface area contributed by atoms with E-state index in [2.05, 4.69) is 19.9 Å².